The van der Waals surface area contributed by atoms with E-state index in [-0.39, 0.29) is 0 Å². The van der Waals surface area contributed by atoms with Crippen LogP contribution in [0.15, 0.2) is 18.2 Å². The number of sulfone groups is 1. The zero-order valence-electron chi connectivity index (χ0n) is 10.3. The molecular formula is C11H19N3O2S. The maximum Gasteiger partial charge on any atom is 0.154 e. The molecule has 0 fully saturated rings. The molecule has 0 aliphatic rings. The molecule has 0 radical (unpaired) electrons. The van der Waals surface area contributed by atoms with Crippen LogP contribution in [0, 0.1) is 0 Å². The van der Waals surface area contributed by atoms with Crippen molar-refractivity contribution in [2.24, 2.45) is 0 Å². The minimum Gasteiger partial charge on any atom is -0.397 e. The third-order valence-corrected chi connectivity index (χ3v) is 4.96. The zero-order valence-corrected chi connectivity index (χ0v) is 11.1. The standard InChI is InChI=1S/C11H19N3O2S/c1-11(2,17(3,15)16)7-14-8-4-5-9(12)10(13)6-8/h4-6,14H,7,12-13H2,1-3H3. The first-order chi connectivity index (χ1) is 7.63. The van der Waals surface area contributed by atoms with Gasteiger partial charge in [0.25, 0.3) is 0 Å². The molecule has 0 unspecified atom stereocenters. The average Bonchev–Trinajstić information content (AvgIpc) is 2.18. The Labute approximate surface area is 102 Å². The van der Waals surface area contributed by atoms with Crippen LogP contribution in [0.3, 0.4) is 0 Å². The minimum atomic E-state index is -3.11. The van der Waals surface area contributed by atoms with E-state index in [0.717, 1.165) is 5.69 Å². The van der Waals surface area contributed by atoms with Crippen LogP contribution in [0.2, 0.25) is 0 Å². The highest BCUT2D eigenvalue weighted by molar-refractivity contribution is 7.92. The van der Waals surface area contributed by atoms with Gasteiger partial charge in [0.1, 0.15) is 0 Å². The molecule has 0 bridgehead atoms. The van der Waals surface area contributed by atoms with E-state index in [0.29, 0.717) is 17.9 Å². The van der Waals surface area contributed by atoms with E-state index in [1.54, 1.807) is 32.0 Å². The molecular weight excluding hydrogens is 238 g/mol. The molecule has 6 heteroatoms. The quantitative estimate of drug-likeness (QED) is 0.701. The number of nitrogen functional groups attached to an aromatic ring is 2. The topological polar surface area (TPSA) is 98.2 Å². The zero-order chi connectivity index (χ0) is 13.3. The highest BCUT2D eigenvalue weighted by atomic mass is 32.2. The van der Waals surface area contributed by atoms with Crippen LogP contribution in [-0.4, -0.2) is 26.0 Å². The van der Waals surface area contributed by atoms with Crippen LogP contribution in [-0.2, 0) is 9.84 Å². The first kappa shape index (κ1) is 13.6. The van der Waals surface area contributed by atoms with Gasteiger partial charge in [0.15, 0.2) is 9.84 Å². The Bertz CT molecular complexity index is 509. The van der Waals surface area contributed by atoms with Gasteiger partial charge >= 0.3 is 0 Å². The van der Waals surface area contributed by atoms with Gasteiger partial charge in [-0.15, -0.1) is 0 Å². The maximum atomic E-state index is 11.5. The van der Waals surface area contributed by atoms with E-state index in [9.17, 15) is 8.42 Å². The molecule has 0 heterocycles. The second-order valence-electron chi connectivity index (χ2n) is 4.73. The van der Waals surface area contributed by atoms with Gasteiger partial charge in [-0.1, -0.05) is 0 Å². The number of hydrogen-bond acceptors (Lipinski definition) is 5. The maximum absolute atomic E-state index is 11.5. The molecule has 1 rings (SSSR count). The Kier molecular flexibility index (Phi) is 3.56. The van der Waals surface area contributed by atoms with Gasteiger partial charge in [0.2, 0.25) is 0 Å². The van der Waals surface area contributed by atoms with Crippen molar-refractivity contribution < 1.29 is 8.42 Å². The summed E-state index contributed by atoms with van der Waals surface area (Å²) in [4.78, 5) is 0. The summed E-state index contributed by atoms with van der Waals surface area (Å²) in [7, 11) is -3.11. The summed E-state index contributed by atoms with van der Waals surface area (Å²) in [5, 5.41) is 3.04. The third-order valence-electron chi connectivity index (χ3n) is 2.81. The Morgan fingerprint density at radius 2 is 1.82 bits per heavy atom. The lowest BCUT2D eigenvalue weighted by Gasteiger charge is -2.23. The molecule has 0 saturated heterocycles. The SMILES string of the molecule is CC(C)(CNc1ccc(N)c(N)c1)S(C)(=O)=O. The Morgan fingerprint density at radius 3 is 2.29 bits per heavy atom. The second kappa shape index (κ2) is 4.44. The summed E-state index contributed by atoms with van der Waals surface area (Å²) >= 11 is 0. The molecule has 5 nitrogen and oxygen atoms in total. The van der Waals surface area contributed by atoms with Crippen molar-refractivity contribution in [2.75, 3.05) is 29.6 Å². The van der Waals surface area contributed by atoms with Crippen LogP contribution in [0.25, 0.3) is 0 Å². The summed E-state index contributed by atoms with van der Waals surface area (Å²) in [5.74, 6) is 0. The van der Waals surface area contributed by atoms with Gasteiger partial charge in [0.05, 0.1) is 16.1 Å². The lowest BCUT2D eigenvalue weighted by molar-refractivity contribution is 0.560. The molecule has 0 spiro atoms. The summed E-state index contributed by atoms with van der Waals surface area (Å²) in [6.07, 6.45) is 1.23. The van der Waals surface area contributed by atoms with E-state index < -0.39 is 14.6 Å². The lowest BCUT2D eigenvalue weighted by atomic mass is 10.2. The number of anilines is 3. The van der Waals surface area contributed by atoms with E-state index in [2.05, 4.69) is 5.32 Å². The molecule has 0 amide bonds. The molecule has 1 aromatic rings. The molecule has 17 heavy (non-hydrogen) atoms. The van der Waals surface area contributed by atoms with Crippen molar-refractivity contribution in [3.05, 3.63) is 18.2 Å². The smallest absolute Gasteiger partial charge is 0.154 e. The van der Waals surface area contributed by atoms with E-state index in [4.69, 9.17) is 11.5 Å². The lowest BCUT2D eigenvalue weighted by Crippen LogP contribution is -2.38. The second-order valence-corrected chi connectivity index (χ2v) is 7.38. The number of hydrogen-bond donors (Lipinski definition) is 3. The normalized spacial score (nSPS) is 12.4. The molecule has 0 aliphatic heterocycles. The van der Waals surface area contributed by atoms with Gasteiger partial charge in [-0.3, -0.25) is 0 Å². The summed E-state index contributed by atoms with van der Waals surface area (Å²) in [6.45, 7) is 3.67. The fourth-order valence-corrected chi connectivity index (χ4v) is 1.47. The summed E-state index contributed by atoms with van der Waals surface area (Å²) in [6, 6.07) is 5.14. The minimum absolute atomic E-state index is 0.315. The first-order valence-corrected chi connectivity index (χ1v) is 7.11. The Balaban J connectivity index is 2.78. The van der Waals surface area contributed by atoms with Gasteiger partial charge in [-0.25, -0.2) is 8.42 Å². The fourth-order valence-electron chi connectivity index (χ4n) is 1.13. The average molecular weight is 257 g/mol. The summed E-state index contributed by atoms with van der Waals surface area (Å²) in [5.41, 5.74) is 13.0. The number of nitrogens with two attached hydrogens (primary N) is 2. The molecule has 0 atom stereocenters. The van der Waals surface area contributed by atoms with Crippen molar-refractivity contribution >= 4 is 26.9 Å². The first-order valence-electron chi connectivity index (χ1n) is 5.22. The molecule has 0 saturated carbocycles. The molecule has 0 aliphatic carbocycles. The number of benzene rings is 1. The Hall–Kier alpha value is -1.43. The van der Waals surface area contributed by atoms with Gasteiger partial charge < -0.3 is 16.8 Å². The van der Waals surface area contributed by atoms with Crippen LogP contribution in [0.5, 0.6) is 0 Å². The molecule has 5 N–H and O–H groups in total. The van der Waals surface area contributed by atoms with E-state index in [1.165, 1.54) is 6.26 Å². The van der Waals surface area contributed by atoms with E-state index >= 15 is 0 Å². The van der Waals surface area contributed by atoms with Crippen molar-refractivity contribution in [2.45, 2.75) is 18.6 Å². The highest BCUT2D eigenvalue weighted by Gasteiger charge is 2.29. The van der Waals surface area contributed by atoms with Crippen LogP contribution in [0.1, 0.15) is 13.8 Å². The van der Waals surface area contributed by atoms with Crippen molar-refractivity contribution in [1.82, 2.24) is 0 Å². The predicted molar refractivity (Wildman–Crippen MR) is 72.7 cm³/mol. The molecule has 0 aromatic heterocycles. The van der Waals surface area contributed by atoms with E-state index in [1.807, 2.05) is 0 Å². The summed E-state index contributed by atoms with van der Waals surface area (Å²) < 4.78 is 22.2. The van der Waals surface area contributed by atoms with Gasteiger partial charge in [-0.05, 0) is 32.0 Å². The van der Waals surface area contributed by atoms with Crippen molar-refractivity contribution in [3.8, 4) is 0 Å². The van der Waals surface area contributed by atoms with Crippen molar-refractivity contribution in [1.29, 1.82) is 0 Å². The fraction of sp³-hybridized carbons (Fsp3) is 0.455. The predicted octanol–water partition coefficient (Wildman–Crippen LogP) is 1.09. The van der Waals surface area contributed by atoms with Crippen LogP contribution >= 0.6 is 0 Å². The third kappa shape index (κ3) is 3.26. The monoisotopic (exact) mass is 257 g/mol. The largest absolute Gasteiger partial charge is 0.397 e. The number of rotatable bonds is 4. The van der Waals surface area contributed by atoms with Gasteiger partial charge in [0, 0.05) is 18.5 Å². The van der Waals surface area contributed by atoms with Gasteiger partial charge in [-0.2, -0.15) is 0 Å². The highest BCUT2D eigenvalue weighted by Crippen LogP contribution is 2.21. The van der Waals surface area contributed by atoms with Crippen LogP contribution in [0.4, 0.5) is 17.1 Å². The van der Waals surface area contributed by atoms with Crippen LogP contribution < -0.4 is 16.8 Å². The number of nitrogens with one attached hydrogen (secondary N) is 1. The molecule has 1 aromatic carbocycles. The van der Waals surface area contributed by atoms with Crippen molar-refractivity contribution in [3.63, 3.8) is 0 Å². The molecule has 96 valence electrons. The Morgan fingerprint density at radius 1 is 1.24 bits per heavy atom.